The Hall–Kier alpha value is -1.24. The van der Waals surface area contributed by atoms with Gasteiger partial charge >= 0.3 is 6.36 Å². The molecule has 1 aromatic carbocycles. The highest BCUT2D eigenvalue weighted by molar-refractivity contribution is 9.10. The Kier molecular flexibility index (Phi) is 4.57. The molecule has 0 atom stereocenters. The molecule has 1 heterocycles. The summed E-state index contributed by atoms with van der Waals surface area (Å²) in [5, 5.41) is 0. The van der Waals surface area contributed by atoms with E-state index in [-0.39, 0.29) is 15.9 Å². The van der Waals surface area contributed by atoms with Gasteiger partial charge in [-0.1, -0.05) is 0 Å². The van der Waals surface area contributed by atoms with Crippen LogP contribution in [0.15, 0.2) is 22.7 Å². The van der Waals surface area contributed by atoms with Gasteiger partial charge in [-0.25, -0.2) is 0 Å². The minimum Gasteiger partial charge on any atom is -0.405 e. The molecule has 0 N–H and O–H groups in total. The number of piperidine rings is 1. The minimum atomic E-state index is -4.78. The van der Waals surface area contributed by atoms with E-state index in [0.717, 1.165) is 25.3 Å². The van der Waals surface area contributed by atoms with Crippen molar-refractivity contribution in [2.75, 3.05) is 13.1 Å². The number of likely N-dealkylation sites (tertiary alicyclic amines) is 1. The molecule has 0 aromatic heterocycles. The summed E-state index contributed by atoms with van der Waals surface area (Å²) in [6.45, 7) is 1.29. The third-order valence-electron chi connectivity index (χ3n) is 3.05. The van der Waals surface area contributed by atoms with Crippen LogP contribution in [0.25, 0.3) is 0 Å². The minimum absolute atomic E-state index is 0.157. The van der Waals surface area contributed by atoms with Gasteiger partial charge in [0.15, 0.2) is 0 Å². The monoisotopic (exact) mass is 351 g/mol. The average molecular weight is 352 g/mol. The van der Waals surface area contributed by atoms with Gasteiger partial charge in [-0.15, -0.1) is 13.2 Å². The molecule has 1 amide bonds. The fourth-order valence-corrected chi connectivity index (χ4v) is 2.45. The average Bonchev–Trinajstić information content (AvgIpc) is 2.40. The zero-order chi connectivity index (χ0) is 14.8. The molecule has 0 radical (unpaired) electrons. The lowest BCUT2D eigenvalue weighted by Gasteiger charge is -2.27. The molecule has 0 saturated carbocycles. The van der Waals surface area contributed by atoms with Gasteiger partial charge in [-0.3, -0.25) is 4.79 Å². The number of rotatable bonds is 2. The van der Waals surface area contributed by atoms with Crippen LogP contribution in [-0.2, 0) is 0 Å². The van der Waals surface area contributed by atoms with E-state index in [1.807, 2.05) is 0 Å². The molecule has 20 heavy (non-hydrogen) atoms. The number of carbonyl (C=O) groups is 1. The number of halogens is 4. The quantitative estimate of drug-likeness (QED) is 0.806. The van der Waals surface area contributed by atoms with Crippen LogP contribution in [0, 0.1) is 0 Å². The van der Waals surface area contributed by atoms with Crippen LogP contribution in [0.4, 0.5) is 13.2 Å². The summed E-state index contributed by atoms with van der Waals surface area (Å²) in [7, 11) is 0. The summed E-state index contributed by atoms with van der Waals surface area (Å²) in [5.41, 5.74) is 0.203. The van der Waals surface area contributed by atoms with Crippen molar-refractivity contribution in [3.8, 4) is 5.75 Å². The van der Waals surface area contributed by atoms with Gasteiger partial charge in [-0.2, -0.15) is 0 Å². The second-order valence-electron chi connectivity index (χ2n) is 4.55. The number of benzene rings is 1. The molecule has 7 heteroatoms. The first-order valence-electron chi connectivity index (χ1n) is 6.21. The maximum absolute atomic E-state index is 12.3. The molecule has 0 spiro atoms. The second kappa shape index (κ2) is 6.03. The fourth-order valence-electron chi connectivity index (χ4n) is 2.12. The number of nitrogens with zero attached hydrogens (tertiary/aromatic N) is 1. The molecule has 1 aliphatic heterocycles. The maximum Gasteiger partial charge on any atom is 0.573 e. The number of carbonyl (C=O) groups excluding carboxylic acids is 1. The van der Waals surface area contributed by atoms with Crippen molar-refractivity contribution in [1.82, 2.24) is 4.90 Å². The molecule has 2 rings (SSSR count). The number of hydrogen-bond acceptors (Lipinski definition) is 2. The van der Waals surface area contributed by atoms with Crippen LogP contribution >= 0.6 is 15.9 Å². The molecule has 0 unspecified atom stereocenters. The Morgan fingerprint density at radius 2 is 1.85 bits per heavy atom. The summed E-state index contributed by atoms with van der Waals surface area (Å²) in [6.07, 6.45) is -1.86. The molecule has 1 saturated heterocycles. The van der Waals surface area contributed by atoms with Gasteiger partial charge in [0.2, 0.25) is 0 Å². The van der Waals surface area contributed by atoms with Gasteiger partial charge in [0.1, 0.15) is 5.75 Å². The highest BCUT2D eigenvalue weighted by Crippen LogP contribution is 2.31. The lowest BCUT2D eigenvalue weighted by atomic mass is 10.1. The molecule has 0 aliphatic carbocycles. The van der Waals surface area contributed by atoms with E-state index >= 15 is 0 Å². The topological polar surface area (TPSA) is 29.5 Å². The van der Waals surface area contributed by atoms with E-state index in [1.165, 1.54) is 12.1 Å². The highest BCUT2D eigenvalue weighted by Gasteiger charge is 2.32. The second-order valence-corrected chi connectivity index (χ2v) is 5.40. The van der Waals surface area contributed by atoms with Gasteiger partial charge in [0, 0.05) is 18.7 Å². The van der Waals surface area contributed by atoms with Gasteiger partial charge in [0.25, 0.3) is 5.91 Å². The normalized spacial score (nSPS) is 16.1. The maximum atomic E-state index is 12.3. The fraction of sp³-hybridized carbons (Fsp3) is 0.462. The molecule has 1 fully saturated rings. The van der Waals surface area contributed by atoms with Crippen molar-refractivity contribution in [3.63, 3.8) is 0 Å². The summed E-state index contributed by atoms with van der Waals surface area (Å²) in [5.74, 6) is -0.662. The standard InChI is InChI=1S/C13H13BrF3NO2/c14-10-5-4-9(8-11(10)20-13(15,16)17)12(19)18-6-2-1-3-7-18/h4-5,8H,1-3,6-7H2. The third-order valence-corrected chi connectivity index (χ3v) is 3.70. The van der Waals surface area contributed by atoms with Crippen LogP contribution in [0.5, 0.6) is 5.75 Å². The predicted octanol–water partition coefficient (Wildman–Crippen LogP) is 3.97. The highest BCUT2D eigenvalue weighted by atomic mass is 79.9. The number of amides is 1. The molecule has 3 nitrogen and oxygen atoms in total. The Morgan fingerprint density at radius 1 is 1.20 bits per heavy atom. The van der Waals surface area contributed by atoms with Crippen molar-refractivity contribution in [1.29, 1.82) is 0 Å². The smallest absolute Gasteiger partial charge is 0.405 e. The van der Waals surface area contributed by atoms with Gasteiger partial charge in [0.05, 0.1) is 4.47 Å². The van der Waals surface area contributed by atoms with Crippen molar-refractivity contribution >= 4 is 21.8 Å². The zero-order valence-electron chi connectivity index (χ0n) is 10.5. The van der Waals surface area contributed by atoms with E-state index in [0.29, 0.717) is 13.1 Å². The van der Waals surface area contributed by atoms with Crippen LogP contribution in [-0.4, -0.2) is 30.3 Å². The largest absolute Gasteiger partial charge is 0.573 e. The Labute approximate surface area is 122 Å². The molecule has 110 valence electrons. The van der Waals surface area contributed by atoms with Crippen LogP contribution in [0.2, 0.25) is 0 Å². The third kappa shape index (κ3) is 3.88. The van der Waals surface area contributed by atoms with E-state index < -0.39 is 12.1 Å². The van der Waals surface area contributed by atoms with Gasteiger partial charge in [-0.05, 0) is 53.4 Å². The van der Waals surface area contributed by atoms with E-state index in [4.69, 9.17) is 0 Å². The SMILES string of the molecule is O=C(c1ccc(Br)c(OC(F)(F)F)c1)N1CCCCC1. The Morgan fingerprint density at radius 3 is 2.45 bits per heavy atom. The van der Waals surface area contributed by atoms with E-state index in [2.05, 4.69) is 20.7 Å². The molecule has 1 aliphatic rings. The molecular weight excluding hydrogens is 339 g/mol. The first-order chi connectivity index (χ1) is 9.37. The van der Waals surface area contributed by atoms with Crippen molar-refractivity contribution < 1.29 is 22.7 Å². The number of alkyl halides is 3. The zero-order valence-corrected chi connectivity index (χ0v) is 12.1. The number of ether oxygens (including phenoxy) is 1. The van der Waals surface area contributed by atoms with Crippen molar-refractivity contribution in [2.45, 2.75) is 25.6 Å². The summed E-state index contributed by atoms with van der Waals surface area (Å²) >= 11 is 2.98. The summed E-state index contributed by atoms with van der Waals surface area (Å²) < 4.78 is 40.9. The van der Waals surface area contributed by atoms with Crippen LogP contribution < -0.4 is 4.74 Å². The number of hydrogen-bond donors (Lipinski definition) is 0. The first kappa shape index (κ1) is 15.2. The molecule has 0 bridgehead atoms. The first-order valence-corrected chi connectivity index (χ1v) is 7.01. The van der Waals surface area contributed by atoms with E-state index in [1.54, 1.807) is 4.90 Å². The summed E-state index contributed by atoms with van der Waals surface area (Å²) in [4.78, 5) is 13.9. The van der Waals surface area contributed by atoms with Crippen LogP contribution in [0.3, 0.4) is 0 Å². The molecular formula is C13H13BrF3NO2. The lowest BCUT2D eigenvalue weighted by Crippen LogP contribution is -2.35. The Balaban J connectivity index is 2.19. The van der Waals surface area contributed by atoms with Gasteiger partial charge < -0.3 is 9.64 Å². The predicted molar refractivity (Wildman–Crippen MR) is 70.6 cm³/mol. The van der Waals surface area contributed by atoms with Crippen molar-refractivity contribution in [2.24, 2.45) is 0 Å². The van der Waals surface area contributed by atoms with Crippen LogP contribution in [0.1, 0.15) is 29.6 Å². The lowest BCUT2D eigenvalue weighted by molar-refractivity contribution is -0.274. The van der Waals surface area contributed by atoms with E-state index in [9.17, 15) is 18.0 Å². The summed E-state index contributed by atoms with van der Waals surface area (Å²) in [6, 6.07) is 4.00. The van der Waals surface area contributed by atoms with Crippen molar-refractivity contribution in [3.05, 3.63) is 28.2 Å². The molecule has 1 aromatic rings. The Bertz CT molecular complexity index is 499.